The van der Waals surface area contributed by atoms with E-state index in [0.717, 1.165) is 6.42 Å². The summed E-state index contributed by atoms with van der Waals surface area (Å²) < 4.78 is 4.55. The lowest BCUT2D eigenvalue weighted by atomic mass is 10.1. The van der Waals surface area contributed by atoms with E-state index in [1.54, 1.807) is 11.8 Å². The fourth-order valence-corrected chi connectivity index (χ4v) is 2.78. The first-order valence-electron chi connectivity index (χ1n) is 4.80. The van der Waals surface area contributed by atoms with Crippen LogP contribution in [0, 0.1) is 0 Å². The number of benzene rings is 1. The van der Waals surface area contributed by atoms with Crippen LogP contribution in [0.3, 0.4) is 0 Å². The molecule has 2 rings (SSSR count). The molecule has 0 saturated heterocycles. The molecule has 1 aromatic rings. The molecule has 0 spiro atoms. The molecule has 1 unspecified atom stereocenters. The average molecular weight is 220 g/mol. The fourth-order valence-electron chi connectivity index (χ4n) is 1.57. The Morgan fingerprint density at radius 1 is 1.53 bits per heavy atom. The van der Waals surface area contributed by atoms with E-state index in [2.05, 4.69) is 16.9 Å². The molecule has 0 aromatic heterocycles. The lowest BCUT2D eigenvalue weighted by Gasteiger charge is -1.99. The van der Waals surface area contributed by atoms with Crippen LogP contribution in [0.1, 0.15) is 5.56 Å². The molecule has 3 heteroatoms. The lowest BCUT2D eigenvalue weighted by Crippen LogP contribution is -1.99. The third kappa shape index (κ3) is 2.42. The van der Waals surface area contributed by atoms with Crippen LogP contribution in [0.5, 0.6) is 0 Å². The molecule has 0 fully saturated rings. The maximum absolute atomic E-state index is 10.9. The normalized spacial score (nSPS) is 19.1. The first kappa shape index (κ1) is 10.3. The Kier molecular flexibility index (Phi) is 3.11. The van der Waals surface area contributed by atoms with Gasteiger partial charge in [-0.25, -0.2) is 4.79 Å². The Labute approximate surface area is 93.3 Å². The summed E-state index contributed by atoms with van der Waals surface area (Å²) >= 11 is 1.79. The zero-order valence-corrected chi connectivity index (χ0v) is 9.29. The molecule has 78 valence electrons. The zero-order chi connectivity index (χ0) is 10.7. The van der Waals surface area contributed by atoms with Gasteiger partial charge in [0.15, 0.2) is 0 Å². The second-order valence-electron chi connectivity index (χ2n) is 3.35. The van der Waals surface area contributed by atoms with Crippen molar-refractivity contribution in [3.05, 3.63) is 42.0 Å². The van der Waals surface area contributed by atoms with E-state index in [1.807, 2.05) is 18.2 Å². The molecular weight excluding hydrogens is 208 g/mol. The fraction of sp³-hybridized carbons (Fsp3) is 0.250. The highest BCUT2D eigenvalue weighted by Gasteiger charge is 2.19. The van der Waals surface area contributed by atoms with Gasteiger partial charge >= 0.3 is 5.97 Å². The minimum absolute atomic E-state index is 0.286. The van der Waals surface area contributed by atoms with Crippen LogP contribution in [-0.2, 0) is 16.0 Å². The first-order valence-corrected chi connectivity index (χ1v) is 5.68. The van der Waals surface area contributed by atoms with Crippen molar-refractivity contribution in [3.63, 3.8) is 0 Å². The van der Waals surface area contributed by atoms with Gasteiger partial charge in [-0.2, -0.15) is 0 Å². The molecule has 1 aromatic carbocycles. The number of rotatable bonds is 2. The summed E-state index contributed by atoms with van der Waals surface area (Å²) in [5.74, 6) is -0.286. The summed E-state index contributed by atoms with van der Waals surface area (Å²) in [6.45, 7) is 0. The van der Waals surface area contributed by atoms with Gasteiger partial charge in [0, 0.05) is 16.2 Å². The largest absolute Gasteiger partial charge is 0.466 e. The van der Waals surface area contributed by atoms with Gasteiger partial charge in [-0.05, 0) is 18.1 Å². The summed E-state index contributed by atoms with van der Waals surface area (Å²) in [6, 6.07) is 8.34. The molecule has 0 saturated carbocycles. The first-order chi connectivity index (χ1) is 7.29. The number of carbonyl (C=O) groups excluding carboxylic acids is 1. The SMILES string of the molecule is COC(=O)/C=C/C1Cc2ccccc2S1. The predicted octanol–water partition coefficient (Wildman–Crippen LogP) is 2.43. The summed E-state index contributed by atoms with van der Waals surface area (Å²) in [5.41, 5.74) is 1.36. The number of methoxy groups -OCH3 is 1. The van der Waals surface area contributed by atoms with Crippen molar-refractivity contribution < 1.29 is 9.53 Å². The van der Waals surface area contributed by atoms with Crippen molar-refractivity contribution in [2.24, 2.45) is 0 Å². The molecule has 0 bridgehead atoms. The van der Waals surface area contributed by atoms with Gasteiger partial charge in [-0.3, -0.25) is 0 Å². The van der Waals surface area contributed by atoms with Gasteiger partial charge in [-0.1, -0.05) is 24.3 Å². The van der Waals surface area contributed by atoms with Gasteiger partial charge in [-0.15, -0.1) is 11.8 Å². The number of thioether (sulfide) groups is 1. The number of esters is 1. The lowest BCUT2D eigenvalue weighted by molar-refractivity contribution is -0.134. The number of fused-ring (bicyclic) bond motifs is 1. The molecule has 1 atom stereocenters. The van der Waals surface area contributed by atoms with Gasteiger partial charge in [0.25, 0.3) is 0 Å². The number of hydrogen-bond donors (Lipinski definition) is 0. The Morgan fingerprint density at radius 2 is 2.33 bits per heavy atom. The Bertz CT molecular complexity index is 373. The van der Waals surface area contributed by atoms with Crippen LogP contribution in [-0.4, -0.2) is 18.3 Å². The quantitative estimate of drug-likeness (QED) is 0.565. The second-order valence-corrected chi connectivity index (χ2v) is 4.63. The summed E-state index contributed by atoms with van der Waals surface area (Å²) in [7, 11) is 1.39. The van der Waals surface area contributed by atoms with Crippen molar-refractivity contribution in [3.8, 4) is 0 Å². The molecule has 15 heavy (non-hydrogen) atoms. The van der Waals surface area contributed by atoms with Crippen molar-refractivity contribution >= 4 is 17.7 Å². The Balaban J connectivity index is 2.02. The van der Waals surface area contributed by atoms with Gasteiger partial charge in [0.1, 0.15) is 0 Å². The molecular formula is C12H12O2S. The number of hydrogen-bond acceptors (Lipinski definition) is 3. The Morgan fingerprint density at radius 3 is 3.07 bits per heavy atom. The van der Waals surface area contributed by atoms with E-state index in [-0.39, 0.29) is 5.97 Å². The molecule has 2 nitrogen and oxygen atoms in total. The minimum atomic E-state index is -0.286. The highest BCUT2D eigenvalue weighted by Crippen LogP contribution is 2.37. The zero-order valence-electron chi connectivity index (χ0n) is 8.47. The van der Waals surface area contributed by atoms with E-state index in [9.17, 15) is 4.79 Å². The molecule has 0 aliphatic carbocycles. The molecule has 1 aliphatic heterocycles. The van der Waals surface area contributed by atoms with E-state index in [0.29, 0.717) is 5.25 Å². The molecule has 0 amide bonds. The molecule has 1 heterocycles. The minimum Gasteiger partial charge on any atom is -0.466 e. The van der Waals surface area contributed by atoms with Crippen molar-refractivity contribution in [1.29, 1.82) is 0 Å². The van der Waals surface area contributed by atoms with Crippen LogP contribution in [0.4, 0.5) is 0 Å². The topological polar surface area (TPSA) is 26.3 Å². The van der Waals surface area contributed by atoms with Gasteiger partial charge < -0.3 is 4.74 Å². The maximum atomic E-state index is 10.9. The summed E-state index contributed by atoms with van der Waals surface area (Å²) in [4.78, 5) is 12.2. The predicted molar refractivity (Wildman–Crippen MR) is 60.9 cm³/mol. The van der Waals surface area contributed by atoms with Crippen LogP contribution >= 0.6 is 11.8 Å². The third-order valence-corrected chi connectivity index (χ3v) is 3.60. The van der Waals surface area contributed by atoms with Crippen LogP contribution < -0.4 is 0 Å². The van der Waals surface area contributed by atoms with Crippen molar-refractivity contribution in [1.82, 2.24) is 0 Å². The average Bonchev–Trinajstić information content (AvgIpc) is 2.68. The molecule has 1 aliphatic rings. The molecule has 0 radical (unpaired) electrons. The molecule has 0 N–H and O–H groups in total. The van der Waals surface area contributed by atoms with E-state index in [1.165, 1.54) is 23.6 Å². The Hall–Kier alpha value is -1.22. The van der Waals surface area contributed by atoms with Crippen molar-refractivity contribution in [2.45, 2.75) is 16.6 Å². The monoisotopic (exact) mass is 220 g/mol. The van der Waals surface area contributed by atoms with E-state index < -0.39 is 0 Å². The van der Waals surface area contributed by atoms with Crippen LogP contribution in [0.25, 0.3) is 0 Å². The smallest absolute Gasteiger partial charge is 0.330 e. The van der Waals surface area contributed by atoms with E-state index >= 15 is 0 Å². The standard InChI is InChI=1S/C12H12O2S/c1-14-12(13)7-6-10-8-9-4-2-3-5-11(9)15-10/h2-7,10H,8H2,1H3/b7-6+. The van der Waals surface area contributed by atoms with Crippen LogP contribution in [0.15, 0.2) is 41.3 Å². The summed E-state index contributed by atoms with van der Waals surface area (Å²) in [5, 5.41) is 0.362. The number of ether oxygens (including phenoxy) is 1. The number of carbonyl (C=O) groups is 1. The highest BCUT2D eigenvalue weighted by molar-refractivity contribution is 8.00. The van der Waals surface area contributed by atoms with Crippen molar-refractivity contribution in [2.75, 3.05) is 7.11 Å². The van der Waals surface area contributed by atoms with Gasteiger partial charge in [0.05, 0.1) is 7.11 Å². The van der Waals surface area contributed by atoms with E-state index in [4.69, 9.17) is 0 Å². The highest BCUT2D eigenvalue weighted by atomic mass is 32.2. The summed E-state index contributed by atoms with van der Waals surface area (Å²) in [6.07, 6.45) is 4.41. The van der Waals surface area contributed by atoms with Gasteiger partial charge in [0.2, 0.25) is 0 Å². The maximum Gasteiger partial charge on any atom is 0.330 e. The van der Waals surface area contributed by atoms with Crippen LogP contribution in [0.2, 0.25) is 0 Å². The third-order valence-electron chi connectivity index (χ3n) is 2.32. The second kappa shape index (κ2) is 4.53.